The Hall–Kier alpha value is -2.49. The summed E-state index contributed by atoms with van der Waals surface area (Å²) in [4.78, 5) is 20.0. The van der Waals surface area contributed by atoms with Crippen molar-refractivity contribution in [2.24, 2.45) is 5.92 Å². The van der Waals surface area contributed by atoms with E-state index in [1.54, 1.807) is 0 Å². The second kappa shape index (κ2) is 8.26. The summed E-state index contributed by atoms with van der Waals surface area (Å²) in [5, 5.41) is 0. The molecule has 2 heterocycles. The van der Waals surface area contributed by atoms with Crippen LogP contribution in [0.3, 0.4) is 0 Å². The summed E-state index contributed by atoms with van der Waals surface area (Å²) in [6.07, 6.45) is 1.93. The number of piperidine rings is 1. The average molecular weight is 378 g/mol. The van der Waals surface area contributed by atoms with Gasteiger partial charge in [0.05, 0.1) is 0 Å². The lowest BCUT2D eigenvalue weighted by Crippen LogP contribution is -2.51. The Morgan fingerprint density at radius 3 is 2.14 bits per heavy atom. The standard InChI is InChI=1S/C24H31N3O/c1-19-7-6-10-23(20(19)2)26-15-17-27(18-16-26)24(28)21-11-13-25(14-12-21)22-8-4-3-5-9-22/h3-10,21H,11-18H2,1-2H3. The lowest BCUT2D eigenvalue weighted by atomic mass is 9.94. The molecule has 0 aliphatic carbocycles. The first kappa shape index (κ1) is 18.9. The minimum atomic E-state index is 0.187. The third-order valence-electron chi connectivity index (χ3n) is 6.47. The smallest absolute Gasteiger partial charge is 0.225 e. The number of anilines is 2. The van der Waals surface area contributed by atoms with Gasteiger partial charge in [0.1, 0.15) is 0 Å². The summed E-state index contributed by atoms with van der Waals surface area (Å²) in [6, 6.07) is 17.1. The molecule has 4 rings (SSSR count). The number of para-hydroxylation sites is 1. The number of hydrogen-bond donors (Lipinski definition) is 0. The van der Waals surface area contributed by atoms with Gasteiger partial charge in [-0.3, -0.25) is 4.79 Å². The zero-order valence-corrected chi connectivity index (χ0v) is 17.1. The van der Waals surface area contributed by atoms with Crippen LogP contribution in [0.15, 0.2) is 48.5 Å². The molecule has 2 aliphatic heterocycles. The van der Waals surface area contributed by atoms with Gasteiger partial charge in [-0.1, -0.05) is 30.3 Å². The van der Waals surface area contributed by atoms with Crippen LogP contribution < -0.4 is 9.80 Å². The molecular weight excluding hydrogens is 346 g/mol. The lowest BCUT2D eigenvalue weighted by molar-refractivity contribution is -0.136. The maximum absolute atomic E-state index is 13.0. The van der Waals surface area contributed by atoms with Crippen LogP contribution in [-0.2, 0) is 4.79 Å². The Morgan fingerprint density at radius 1 is 0.786 bits per heavy atom. The van der Waals surface area contributed by atoms with Crippen LogP contribution in [0.25, 0.3) is 0 Å². The van der Waals surface area contributed by atoms with Crippen molar-refractivity contribution in [3.8, 4) is 0 Å². The molecule has 0 atom stereocenters. The molecule has 0 unspecified atom stereocenters. The van der Waals surface area contributed by atoms with E-state index in [9.17, 15) is 4.79 Å². The number of aryl methyl sites for hydroxylation is 1. The Bertz CT molecular complexity index is 804. The Kier molecular flexibility index (Phi) is 5.56. The van der Waals surface area contributed by atoms with Crippen molar-refractivity contribution < 1.29 is 4.79 Å². The zero-order valence-electron chi connectivity index (χ0n) is 17.1. The first-order valence-corrected chi connectivity index (χ1v) is 10.5. The summed E-state index contributed by atoms with van der Waals surface area (Å²) in [5.41, 5.74) is 5.29. The number of amides is 1. The van der Waals surface area contributed by atoms with E-state index in [1.165, 1.54) is 22.5 Å². The first-order valence-electron chi connectivity index (χ1n) is 10.5. The fraction of sp³-hybridized carbons (Fsp3) is 0.458. The van der Waals surface area contributed by atoms with E-state index in [4.69, 9.17) is 0 Å². The molecule has 28 heavy (non-hydrogen) atoms. The van der Waals surface area contributed by atoms with E-state index in [1.807, 2.05) is 0 Å². The second-order valence-electron chi connectivity index (χ2n) is 8.13. The number of benzene rings is 2. The van der Waals surface area contributed by atoms with E-state index in [2.05, 4.69) is 77.1 Å². The van der Waals surface area contributed by atoms with Gasteiger partial charge in [0.25, 0.3) is 0 Å². The van der Waals surface area contributed by atoms with E-state index < -0.39 is 0 Å². The highest BCUT2D eigenvalue weighted by Gasteiger charge is 2.30. The van der Waals surface area contributed by atoms with Crippen molar-refractivity contribution in [1.82, 2.24) is 4.90 Å². The quantitative estimate of drug-likeness (QED) is 0.812. The molecule has 148 valence electrons. The molecule has 2 aliphatic rings. The average Bonchev–Trinajstić information content (AvgIpc) is 2.76. The fourth-order valence-corrected chi connectivity index (χ4v) is 4.53. The van der Waals surface area contributed by atoms with Crippen LogP contribution in [0.5, 0.6) is 0 Å². The maximum atomic E-state index is 13.0. The molecular formula is C24H31N3O. The third-order valence-corrected chi connectivity index (χ3v) is 6.47. The largest absolute Gasteiger partial charge is 0.371 e. The van der Waals surface area contributed by atoms with Gasteiger partial charge in [-0.2, -0.15) is 0 Å². The topological polar surface area (TPSA) is 26.8 Å². The van der Waals surface area contributed by atoms with Crippen molar-refractivity contribution in [3.05, 3.63) is 59.7 Å². The molecule has 0 aromatic heterocycles. The van der Waals surface area contributed by atoms with Gasteiger partial charge in [-0.15, -0.1) is 0 Å². The monoisotopic (exact) mass is 377 g/mol. The fourth-order valence-electron chi connectivity index (χ4n) is 4.53. The van der Waals surface area contributed by atoms with Crippen LogP contribution in [0.4, 0.5) is 11.4 Å². The predicted octanol–water partition coefficient (Wildman–Crippen LogP) is 3.87. The Morgan fingerprint density at radius 2 is 1.46 bits per heavy atom. The SMILES string of the molecule is Cc1cccc(N2CCN(C(=O)C3CCN(c4ccccc4)CC3)CC2)c1C. The van der Waals surface area contributed by atoms with E-state index in [0.717, 1.165) is 52.1 Å². The van der Waals surface area contributed by atoms with Crippen LogP contribution in [0.2, 0.25) is 0 Å². The molecule has 0 N–H and O–H groups in total. The van der Waals surface area contributed by atoms with Gasteiger partial charge < -0.3 is 14.7 Å². The minimum absolute atomic E-state index is 0.187. The van der Waals surface area contributed by atoms with Gasteiger partial charge in [-0.25, -0.2) is 0 Å². The van der Waals surface area contributed by atoms with E-state index in [-0.39, 0.29) is 5.92 Å². The summed E-state index contributed by atoms with van der Waals surface area (Å²) in [7, 11) is 0. The van der Waals surface area contributed by atoms with Crippen molar-refractivity contribution in [3.63, 3.8) is 0 Å². The number of piperazine rings is 1. The molecule has 0 bridgehead atoms. The van der Waals surface area contributed by atoms with Crippen LogP contribution in [0, 0.1) is 19.8 Å². The highest BCUT2D eigenvalue weighted by atomic mass is 16.2. The summed E-state index contributed by atoms with van der Waals surface area (Å²) in [5.74, 6) is 0.556. The summed E-state index contributed by atoms with van der Waals surface area (Å²) in [6.45, 7) is 9.85. The van der Waals surface area contributed by atoms with Gasteiger partial charge >= 0.3 is 0 Å². The van der Waals surface area contributed by atoms with Gasteiger partial charge in [0.2, 0.25) is 5.91 Å². The Labute approximate surface area is 168 Å². The van der Waals surface area contributed by atoms with Crippen LogP contribution >= 0.6 is 0 Å². The van der Waals surface area contributed by atoms with Gasteiger partial charge in [0.15, 0.2) is 0 Å². The van der Waals surface area contributed by atoms with Gasteiger partial charge in [0, 0.05) is 56.6 Å². The molecule has 2 aromatic rings. The van der Waals surface area contributed by atoms with E-state index in [0.29, 0.717) is 5.91 Å². The van der Waals surface area contributed by atoms with Crippen molar-refractivity contribution in [2.45, 2.75) is 26.7 Å². The number of nitrogens with zero attached hydrogens (tertiary/aromatic N) is 3. The molecule has 1 amide bonds. The van der Waals surface area contributed by atoms with Crippen LogP contribution in [-0.4, -0.2) is 50.1 Å². The normalized spacial score (nSPS) is 18.4. The van der Waals surface area contributed by atoms with Crippen LogP contribution in [0.1, 0.15) is 24.0 Å². The van der Waals surface area contributed by atoms with Crippen molar-refractivity contribution in [1.29, 1.82) is 0 Å². The number of carbonyl (C=O) groups is 1. The zero-order chi connectivity index (χ0) is 19.5. The molecule has 4 heteroatoms. The molecule has 0 radical (unpaired) electrons. The number of rotatable bonds is 3. The predicted molar refractivity (Wildman–Crippen MR) is 116 cm³/mol. The molecule has 0 spiro atoms. The second-order valence-corrected chi connectivity index (χ2v) is 8.13. The number of carbonyl (C=O) groups excluding carboxylic acids is 1. The van der Waals surface area contributed by atoms with Gasteiger partial charge in [-0.05, 0) is 56.0 Å². The van der Waals surface area contributed by atoms with Crippen molar-refractivity contribution >= 4 is 17.3 Å². The Balaban J connectivity index is 1.30. The summed E-state index contributed by atoms with van der Waals surface area (Å²) >= 11 is 0. The van der Waals surface area contributed by atoms with E-state index >= 15 is 0 Å². The molecule has 2 fully saturated rings. The molecule has 4 nitrogen and oxygen atoms in total. The highest BCUT2D eigenvalue weighted by Crippen LogP contribution is 2.27. The third kappa shape index (κ3) is 3.87. The van der Waals surface area contributed by atoms with Crippen molar-refractivity contribution in [2.75, 3.05) is 49.1 Å². The molecule has 0 saturated carbocycles. The molecule has 2 saturated heterocycles. The minimum Gasteiger partial charge on any atom is -0.371 e. The number of hydrogen-bond acceptors (Lipinski definition) is 3. The maximum Gasteiger partial charge on any atom is 0.225 e. The first-order chi connectivity index (χ1) is 13.6. The highest BCUT2D eigenvalue weighted by molar-refractivity contribution is 5.79. The summed E-state index contributed by atoms with van der Waals surface area (Å²) < 4.78 is 0. The molecule has 2 aromatic carbocycles. The lowest BCUT2D eigenvalue weighted by Gasteiger charge is -2.40.